The molecule has 0 aromatic rings. The number of nitrogens with two attached hydrogens (primary N) is 1. The van der Waals surface area contributed by atoms with Crippen molar-refractivity contribution in [3.63, 3.8) is 0 Å². The maximum absolute atomic E-state index is 12.0. The van der Waals surface area contributed by atoms with Crippen LogP contribution in [0.3, 0.4) is 0 Å². The standard InChI is InChI=1S/C17H35N3O/c1-5-11-19-17(16(18)21)10-6-7-15(17)9-13-20(4)12-8-14(2)3/h14-15,19H,5-13H2,1-4H3,(H2,18,21). The van der Waals surface area contributed by atoms with E-state index in [2.05, 4.69) is 38.0 Å². The van der Waals surface area contributed by atoms with Crippen molar-refractivity contribution in [3.8, 4) is 0 Å². The molecule has 1 amide bonds. The van der Waals surface area contributed by atoms with Crippen LogP contribution in [0.4, 0.5) is 0 Å². The normalized spacial score (nSPS) is 25.9. The number of hydrogen-bond acceptors (Lipinski definition) is 3. The highest BCUT2D eigenvalue weighted by Crippen LogP contribution is 2.38. The molecular weight excluding hydrogens is 262 g/mol. The molecule has 4 nitrogen and oxygen atoms in total. The molecule has 1 rings (SSSR count). The van der Waals surface area contributed by atoms with Crippen molar-refractivity contribution in [1.82, 2.24) is 10.2 Å². The van der Waals surface area contributed by atoms with E-state index >= 15 is 0 Å². The van der Waals surface area contributed by atoms with Gasteiger partial charge in [0.2, 0.25) is 5.91 Å². The number of hydrogen-bond donors (Lipinski definition) is 2. The third-order valence-electron chi connectivity index (χ3n) is 4.90. The Morgan fingerprint density at radius 1 is 1.43 bits per heavy atom. The first-order valence-electron chi connectivity index (χ1n) is 8.65. The minimum Gasteiger partial charge on any atom is -0.368 e. The van der Waals surface area contributed by atoms with Crippen LogP contribution in [0.2, 0.25) is 0 Å². The summed E-state index contributed by atoms with van der Waals surface area (Å²) in [5.41, 5.74) is 5.30. The van der Waals surface area contributed by atoms with E-state index in [1.165, 1.54) is 6.42 Å². The molecular formula is C17H35N3O. The second kappa shape index (κ2) is 8.74. The molecule has 4 heteroatoms. The van der Waals surface area contributed by atoms with E-state index < -0.39 is 5.54 Å². The Balaban J connectivity index is 2.53. The highest BCUT2D eigenvalue weighted by molar-refractivity contribution is 5.85. The monoisotopic (exact) mass is 297 g/mol. The van der Waals surface area contributed by atoms with Gasteiger partial charge in [0.1, 0.15) is 5.54 Å². The average Bonchev–Trinajstić information content (AvgIpc) is 2.84. The van der Waals surface area contributed by atoms with Crippen molar-refractivity contribution in [2.45, 2.75) is 64.8 Å². The van der Waals surface area contributed by atoms with Gasteiger partial charge in [0.25, 0.3) is 0 Å². The Bertz CT molecular complexity index is 319. The number of amides is 1. The van der Waals surface area contributed by atoms with E-state index in [1.807, 2.05) is 0 Å². The molecule has 124 valence electrons. The van der Waals surface area contributed by atoms with Crippen LogP contribution in [0.1, 0.15) is 59.3 Å². The SMILES string of the molecule is CCCNC1(C(N)=O)CCCC1CCN(C)CCC(C)C. The predicted molar refractivity (Wildman–Crippen MR) is 89.1 cm³/mol. The van der Waals surface area contributed by atoms with Crippen LogP contribution in [-0.4, -0.2) is 43.0 Å². The Kier molecular flexibility index (Phi) is 7.67. The lowest BCUT2D eigenvalue weighted by Gasteiger charge is -2.34. The number of carbonyl (C=O) groups excluding carboxylic acids is 1. The lowest BCUT2D eigenvalue weighted by atomic mass is 9.83. The van der Waals surface area contributed by atoms with Crippen molar-refractivity contribution in [1.29, 1.82) is 0 Å². The van der Waals surface area contributed by atoms with Crippen LogP contribution in [0.5, 0.6) is 0 Å². The Hall–Kier alpha value is -0.610. The zero-order valence-corrected chi connectivity index (χ0v) is 14.5. The molecule has 2 unspecified atom stereocenters. The van der Waals surface area contributed by atoms with Gasteiger partial charge < -0.3 is 16.0 Å². The Labute approximate surface area is 130 Å². The van der Waals surface area contributed by atoms with Crippen LogP contribution in [0.15, 0.2) is 0 Å². The lowest BCUT2D eigenvalue weighted by molar-refractivity contribution is -0.126. The summed E-state index contributed by atoms with van der Waals surface area (Å²) < 4.78 is 0. The third-order valence-corrected chi connectivity index (χ3v) is 4.90. The Morgan fingerprint density at radius 3 is 2.71 bits per heavy atom. The highest BCUT2D eigenvalue weighted by atomic mass is 16.1. The van der Waals surface area contributed by atoms with Gasteiger partial charge in [-0.1, -0.05) is 27.2 Å². The first-order chi connectivity index (χ1) is 9.92. The van der Waals surface area contributed by atoms with Crippen molar-refractivity contribution in [2.24, 2.45) is 17.6 Å². The summed E-state index contributed by atoms with van der Waals surface area (Å²) >= 11 is 0. The van der Waals surface area contributed by atoms with E-state index in [1.54, 1.807) is 0 Å². The molecule has 1 aliphatic rings. The second-order valence-electron chi connectivity index (χ2n) is 7.13. The third kappa shape index (κ3) is 5.26. The van der Waals surface area contributed by atoms with Crippen molar-refractivity contribution in [3.05, 3.63) is 0 Å². The number of carbonyl (C=O) groups is 1. The maximum atomic E-state index is 12.0. The fraction of sp³-hybridized carbons (Fsp3) is 0.941. The molecule has 0 radical (unpaired) electrons. The fourth-order valence-electron chi connectivity index (χ4n) is 3.43. The average molecular weight is 297 g/mol. The molecule has 21 heavy (non-hydrogen) atoms. The molecule has 2 atom stereocenters. The van der Waals surface area contributed by atoms with Crippen LogP contribution in [0.25, 0.3) is 0 Å². The second-order valence-corrected chi connectivity index (χ2v) is 7.13. The quantitative estimate of drug-likeness (QED) is 0.651. The van der Waals surface area contributed by atoms with Crippen LogP contribution < -0.4 is 11.1 Å². The van der Waals surface area contributed by atoms with E-state index in [9.17, 15) is 4.79 Å². The predicted octanol–water partition coefficient (Wildman–Crippen LogP) is 2.38. The molecule has 0 spiro atoms. The van der Waals surface area contributed by atoms with Crippen molar-refractivity contribution < 1.29 is 4.79 Å². The van der Waals surface area contributed by atoms with Crippen molar-refractivity contribution in [2.75, 3.05) is 26.7 Å². The molecule has 1 saturated carbocycles. The first-order valence-corrected chi connectivity index (χ1v) is 8.65. The first kappa shape index (κ1) is 18.4. The maximum Gasteiger partial charge on any atom is 0.238 e. The van der Waals surface area contributed by atoms with E-state index in [0.29, 0.717) is 5.92 Å². The van der Waals surface area contributed by atoms with Gasteiger partial charge in [-0.3, -0.25) is 4.79 Å². The highest BCUT2D eigenvalue weighted by Gasteiger charge is 2.46. The molecule has 3 N–H and O–H groups in total. The summed E-state index contributed by atoms with van der Waals surface area (Å²) in [6.45, 7) is 9.72. The molecule has 1 aliphatic carbocycles. The molecule has 0 bridgehead atoms. The number of rotatable bonds is 10. The van der Waals surface area contributed by atoms with Gasteiger partial charge in [-0.05, 0) is 70.6 Å². The van der Waals surface area contributed by atoms with Gasteiger partial charge in [-0.15, -0.1) is 0 Å². The molecule has 0 aromatic heterocycles. The van der Waals surface area contributed by atoms with Crippen LogP contribution >= 0.6 is 0 Å². The summed E-state index contributed by atoms with van der Waals surface area (Å²) in [7, 11) is 2.18. The van der Waals surface area contributed by atoms with E-state index in [-0.39, 0.29) is 5.91 Å². The summed E-state index contributed by atoms with van der Waals surface area (Å²) in [4.78, 5) is 14.4. The summed E-state index contributed by atoms with van der Waals surface area (Å²) in [5.74, 6) is 0.987. The van der Waals surface area contributed by atoms with Gasteiger partial charge in [-0.25, -0.2) is 0 Å². The molecule has 0 aromatic carbocycles. The largest absolute Gasteiger partial charge is 0.368 e. The topological polar surface area (TPSA) is 58.4 Å². The lowest BCUT2D eigenvalue weighted by Crippen LogP contribution is -2.58. The number of nitrogens with one attached hydrogen (secondary N) is 1. The Morgan fingerprint density at radius 2 is 2.14 bits per heavy atom. The van der Waals surface area contributed by atoms with Gasteiger partial charge >= 0.3 is 0 Å². The minimum atomic E-state index is -0.450. The van der Waals surface area contributed by atoms with Crippen LogP contribution in [0, 0.1) is 11.8 Å². The summed E-state index contributed by atoms with van der Waals surface area (Å²) in [6, 6.07) is 0. The van der Waals surface area contributed by atoms with Gasteiger partial charge in [0, 0.05) is 0 Å². The van der Waals surface area contributed by atoms with E-state index in [0.717, 1.165) is 57.7 Å². The van der Waals surface area contributed by atoms with Gasteiger partial charge in [0.15, 0.2) is 0 Å². The van der Waals surface area contributed by atoms with Crippen LogP contribution in [-0.2, 0) is 4.79 Å². The van der Waals surface area contributed by atoms with Gasteiger partial charge in [0.05, 0.1) is 0 Å². The van der Waals surface area contributed by atoms with Gasteiger partial charge in [-0.2, -0.15) is 0 Å². The number of primary amides is 1. The fourth-order valence-corrected chi connectivity index (χ4v) is 3.43. The minimum absolute atomic E-state index is 0.150. The molecule has 0 heterocycles. The summed E-state index contributed by atoms with van der Waals surface area (Å²) in [5, 5.41) is 3.48. The molecule has 1 fully saturated rings. The zero-order valence-electron chi connectivity index (χ0n) is 14.5. The van der Waals surface area contributed by atoms with Crippen molar-refractivity contribution >= 4 is 5.91 Å². The molecule has 0 aliphatic heterocycles. The van der Waals surface area contributed by atoms with E-state index in [4.69, 9.17) is 5.73 Å². The zero-order chi connectivity index (χ0) is 15.9. The smallest absolute Gasteiger partial charge is 0.238 e. The number of nitrogens with zero attached hydrogens (tertiary/aromatic N) is 1. The summed E-state index contributed by atoms with van der Waals surface area (Å²) in [6.07, 6.45) is 6.47. The molecule has 0 saturated heterocycles.